The number of hydrogen-bond acceptors (Lipinski definition) is 4. The van der Waals surface area contributed by atoms with Crippen molar-refractivity contribution in [3.63, 3.8) is 0 Å². The summed E-state index contributed by atoms with van der Waals surface area (Å²) in [5.74, 6) is -0.487. The van der Waals surface area contributed by atoms with E-state index in [-0.39, 0.29) is 29.5 Å². The van der Waals surface area contributed by atoms with E-state index < -0.39 is 14.1 Å². The van der Waals surface area contributed by atoms with Crippen molar-refractivity contribution in [2.24, 2.45) is 0 Å². The Morgan fingerprint density at radius 2 is 1.45 bits per heavy atom. The molecule has 0 radical (unpaired) electrons. The zero-order valence-corrected chi connectivity index (χ0v) is 24.3. The first-order valence-electron chi connectivity index (χ1n) is 14.1. The summed E-state index contributed by atoms with van der Waals surface area (Å²) < 4.78 is 25.5. The van der Waals surface area contributed by atoms with Crippen LogP contribution in [-0.4, -0.2) is 45.1 Å². The van der Waals surface area contributed by atoms with Crippen LogP contribution in [0.2, 0.25) is 18.1 Å². The fraction of sp³-hybridized carbons (Fsp3) is 1.00. The fourth-order valence-corrected chi connectivity index (χ4v) is 6.22. The third kappa shape index (κ3) is 9.91. The Hall–Kier alpha value is 0.0569. The molecule has 0 aromatic rings. The second-order valence-corrected chi connectivity index (χ2v) is 17.3. The van der Waals surface area contributed by atoms with Gasteiger partial charge in [-0.3, -0.25) is 0 Å². The van der Waals surface area contributed by atoms with Gasteiger partial charge in [-0.2, -0.15) is 0 Å². The minimum atomic E-state index is -1.85. The predicted octanol–water partition coefficient (Wildman–Crippen LogP) is 8.39. The van der Waals surface area contributed by atoms with E-state index in [0.717, 1.165) is 19.3 Å². The minimum Gasteiger partial charge on any atom is -0.411 e. The van der Waals surface area contributed by atoms with E-state index in [1.54, 1.807) is 0 Å². The van der Waals surface area contributed by atoms with Crippen LogP contribution in [0.15, 0.2) is 0 Å². The molecule has 0 aliphatic carbocycles. The van der Waals surface area contributed by atoms with E-state index in [2.05, 4.69) is 40.8 Å². The van der Waals surface area contributed by atoms with E-state index >= 15 is 0 Å². The smallest absolute Gasteiger partial charge is 0.192 e. The Bertz CT molecular complexity index is 543. The van der Waals surface area contributed by atoms with Crippen LogP contribution in [0.25, 0.3) is 0 Å². The molecular formula is C28H56O4Si. The molecule has 2 rings (SSSR count). The van der Waals surface area contributed by atoms with Crippen molar-refractivity contribution in [3.8, 4) is 0 Å². The normalized spacial score (nSPS) is 26.7. The highest BCUT2D eigenvalue weighted by molar-refractivity contribution is 6.74. The summed E-state index contributed by atoms with van der Waals surface area (Å²) in [5, 5.41) is 0.216. The quantitative estimate of drug-likeness (QED) is 0.173. The van der Waals surface area contributed by atoms with Gasteiger partial charge in [-0.05, 0) is 51.2 Å². The van der Waals surface area contributed by atoms with Crippen LogP contribution in [0, 0.1) is 0 Å². The van der Waals surface area contributed by atoms with Gasteiger partial charge in [0.2, 0.25) is 0 Å². The van der Waals surface area contributed by atoms with Gasteiger partial charge in [0.1, 0.15) is 6.10 Å². The van der Waals surface area contributed by atoms with Crippen LogP contribution in [-0.2, 0) is 18.6 Å². The molecule has 0 bridgehead atoms. The van der Waals surface area contributed by atoms with Gasteiger partial charge in [0.05, 0.1) is 24.9 Å². The summed E-state index contributed by atoms with van der Waals surface area (Å²) in [6, 6.07) is 0. The van der Waals surface area contributed by atoms with Crippen LogP contribution >= 0.6 is 0 Å². The van der Waals surface area contributed by atoms with Crippen molar-refractivity contribution in [2.75, 3.05) is 6.61 Å². The zero-order valence-electron chi connectivity index (χ0n) is 23.3. The summed E-state index contributed by atoms with van der Waals surface area (Å²) in [4.78, 5) is 0. The van der Waals surface area contributed by atoms with Crippen molar-refractivity contribution in [2.45, 2.75) is 173 Å². The molecule has 2 aliphatic rings. The Morgan fingerprint density at radius 1 is 0.879 bits per heavy atom. The van der Waals surface area contributed by atoms with Gasteiger partial charge >= 0.3 is 0 Å². The summed E-state index contributed by atoms with van der Waals surface area (Å²) in [6.45, 7) is 18.7. The molecule has 4 atom stereocenters. The molecular weight excluding hydrogens is 428 g/mol. The van der Waals surface area contributed by atoms with E-state index in [0.29, 0.717) is 6.61 Å². The van der Waals surface area contributed by atoms with Crippen LogP contribution in [0.3, 0.4) is 0 Å². The number of ether oxygens (including phenoxy) is 3. The number of hydrogen-bond donors (Lipinski definition) is 0. The molecule has 4 nitrogen and oxygen atoms in total. The minimum absolute atomic E-state index is 0.0517. The second-order valence-electron chi connectivity index (χ2n) is 12.5. The summed E-state index contributed by atoms with van der Waals surface area (Å²) in [5.41, 5.74) is 0. The zero-order chi connectivity index (χ0) is 24.5. The van der Waals surface area contributed by atoms with Crippen molar-refractivity contribution in [1.82, 2.24) is 0 Å². The first-order valence-corrected chi connectivity index (χ1v) is 17.0. The molecule has 0 aromatic heterocycles. The topological polar surface area (TPSA) is 36.9 Å². The predicted molar refractivity (Wildman–Crippen MR) is 141 cm³/mol. The van der Waals surface area contributed by atoms with E-state index in [1.165, 1.54) is 64.2 Å². The highest BCUT2D eigenvalue weighted by Gasteiger charge is 2.45. The van der Waals surface area contributed by atoms with Crippen molar-refractivity contribution >= 4 is 8.32 Å². The molecule has 2 saturated heterocycles. The largest absolute Gasteiger partial charge is 0.411 e. The lowest BCUT2D eigenvalue weighted by Gasteiger charge is -2.41. The van der Waals surface area contributed by atoms with E-state index in [9.17, 15) is 0 Å². The molecule has 0 amide bonds. The second kappa shape index (κ2) is 13.4. The average Bonchev–Trinajstić information content (AvgIpc) is 3.34. The summed E-state index contributed by atoms with van der Waals surface area (Å²) in [6.07, 6.45) is 17.5. The third-order valence-corrected chi connectivity index (χ3v) is 12.5. The van der Waals surface area contributed by atoms with Crippen LogP contribution in [0.4, 0.5) is 0 Å². The van der Waals surface area contributed by atoms with Crippen LogP contribution in [0.5, 0.6) is 0 Å². The lowest BCUT2D eigenvalue weighted by molar-refractivity contribution is -0.158. The molecule has 0 saturated carbocycles. The monoisotopic (exact) mass is 484 g/mol. The lowest BCUT2D eigenvalue weighted by Crippen LogP contribution is -2.47. The van der Waals surface area contributed by atoms with Gasteiger partial charge in [-0.15, -0.1) is 0 Å². The van der Waals surface area contributed by atoms with E-state index in [4.69, 9.17) is 18.6 Å². The molecule has 196 valence electrons. The average molecular weight is 485 g/mol. The molecule has 2 heterocycles. The highest BCUT2D eigenvalue weighted by Crippen LogP contribution is 2.40. The Kier molecular flexibility index (Phi) is 11.9. The molecule has 33 heavy (non-hydrogen) atoms. The van der Waals surface area contributed by atoms with Crippen molar-refractivity contribution < 1.29 is 18.6 Å². The Labute approximate surface area is 207 Å². The first kappa shape index (κ1) is 29.3. The van der Waals surface area contributed by atoms with Crippen LogP contribution < -0.4 is 0 Å². The Morgan fingerprint density at radius 3 is 1.97 bits per heavy atom. The third-order valence-electron chi connectivity index (χ3n) is 8.04. The molecule has 5 heteroatoms. The number of rotatable bonds is 15. The molecule has 2 fully saturated rings. The lowest BCUT2D eigenvalue weighted by atomic mass is 10.0. The maximum absolute atomic E-state index is 6.96. The van der Waals surface area contributed by atoms with Gasteiger partial charge in [-0.25, -0.2) is 0 Å². The number of unbranched alkanes of at least 4 members (excludes halogenated alkanes) is 9. The summed E-state index contributed by atoms with van der Waals surface area (Å²) in [7, 11) is -1.85. The SMILES string of the molecule is CCCCCCCCCCCC[C@@H](O[Si](C)(C)C(C)(C)C)[C@H]1CC[C@H]([C@@H]2COC(C)(C)O2)O1. The molecule has 2 aliphatic heterocycles. The standard InChI is InChI=1S/C28H56O4Si/c1-9-10-11-12-13-14-15-16-17-18-19-25(32-33(7,8)27(2,3)4)23-20-21-24(30-23)26-22-29-28(5,6)31-26/h23-26H,9-22H2,1-8H3/t23-,24-,25-,26+/m1/s1. The van der Waals surface area contributed by atoms with Gasteiger partial charge in [-0.1, -0.05) is 91.9 Å². The fourth-order valence-electron chi connectivity index (χ4n) is 4.84. The van der Waals surface area contributed by atoms with Crippen LogP contribution in [0.1, 0.15) is 125 Å². The maximum Gasteiger partial charge on any atom is 0.192 e. The Balaban J connectivity index is 1.80. The maximum atomic E-state index is 6.96. The molecule has 0 spiro atoms. The summed E-state index contributed by atoms with van der Waals surface area (Å²) >= 11 is 0. The molecule has 0 N–H and O–H groups in total. The van der Waals surface area contributed by atoms with Gasteiger partial charge in [0, 0.05) is 0 Å². The van der Waals surface area contributed by atoms with Gasteiger partial charge < -0.3 is 18.6 Å². The van der Waals surface area contributed by atoms with Crippen molar-refractivity contribution in [3.05, 3.63) is 0 Å². The molecule has 0 unspecified atom stereocenters. The molecule has 0 aromatic carbocycles. The highest BCUT2D eigenvalue weighted by atomic mass is 28.4. The van der Waals surface area contributed by atoms with E-state index in [1.807, 2.05) is 13.8 Å². The van der Waals surface area contributed by atoms with Gasteiger partial charge in [0.25, 0.3) is 0 Å². The van der Waals surface area contributed by atoms with Gasteiger partial charge in [0.15, 0.2) is 14.1 Å². The van der Waals surface area contributed by atoms with Crippen molar-refractivity contribution in [1.29, 1.82) is 0 Å². The first-order chi connectivity index (χ1) is 15.5.